The summed E-state index contributed by atoms with van der Waals surface area (Å²) in [6, 6.07) is 16.8. The van der Waals surface area contributed by atoms with Gasteiger partial charge in [0, 0.05) is 30.0 Å². The Morgan fingerprint density at radius 1 is 0.722 bits per heavy atom. The van der Waals surface area contributed by atoms with E-state index in [1.807, 2.05) is 0 Å². The number of nitrogens with zero attached hydrogens (tertiary/aromatic N) is 1. The van der Waals surface area contributed by atoms with E-state index in [2.05, 4.69) is 47.2 Å². The van der Waals surface area contributed by atoms with Crippen molar-refractivity contribution in [3.05, 3.63) is 66.4 Å². The molecule has 0 aliphatic carbocycles. The lowest BCUT2D eigenvalue weighted by Crippen LogP contribution is -3.00. The summed E-state index contributed by atoms with van der Waals surface area (Å²) in [6.07, 6.45) is 16.9. The number of ether oxygens (including phenoxy) is 1. The first kappa shape index (κ1) is 29.6. The van der Waals surface area contributed by atoms with E-state index in [-0.39, 0.29) is 34.0 Å². The molecule has 1 aromatic heterocycles. The van der Waals surface area contributed by atoms with Gasteiger partial charge in [-0.05, 0) is 37.1 Å². The first-order valence-corrected chi connectivity index (χ1v) is 13.2. The number of para-hydroxylation sites is 1. The van der Waals surface area contributed by atoms with Crippen LogP contribution in [-0.2, 0) is 11.3 Å². The normalized spacial score (nSPS) is 10.8. The highest BCUT2D eigenvalue weighted by Gasteiger charge is 2.12. The van der Waals surface area contributed by atoms with Crippen LogP contribution < -0.4 is 21.5 Å². The van der Waals surface area contributed by atoms with Crippen molar-refractivity contribution in [2.24, 2.45) is 0 Å². The molecule has 0 saturated carbocycles. The standard InChI is InChI=1S/C30H39NO4.BrH/c32-26-19-20-27(29(33)24-26)30(34)35-23-14-10-8-6-4-2-1-3-5-7-9-13-21-31-22-15-17-25-16-11-12-18-28(25)31;/h11-12,15-20,22,24H,1-10,13-14,21,23H2,(H-,32,33,34);1H. The number of fused-ring (bicyclic) bond motifs is 1. The number of halogens is 1. The SMILES string of the molecule is O=C(OCCCCCCCCCCCCCC[n+]1cccc2ccccc21)c1ccc(O)cc1O.[Br-]. The maximum absolute atomic E-state index is 11.9. The van der Waals surface area contributed by atoms with Gasteiger partial charge >= 0.3 is 5.97 Å². The molecule has 3 rings (SSSR count). The van der Waals surface area contributed by atoms with Gasteiger partial charge in [0.05, 0.1) is 6.61 Å². The summed E-state index contributed by atoms with van der Waals surface area (Å²) in [4.78, 5) is 11.9. The number of pyridine rings is 1. The predicted octanol–water partition coefficient (Wildman–Crippen LogP) is 4.08. The molecule has 0 spiro atoms. The lowest BCUT2D eigenvalue weighted by Gasteiger charge is -2.07. The fraction of sp³-hybridized carbons (Fsp3) is 0.467. The maximum atomic E-state index is 11.9. The highest BCUT2D eigenvalue weighted by molar-refractivity contribution is 5.92. The van der Waals surface area contributed by atoms with Gasteiger partial charge in [-0.3, -0.25) is 0 Å². The Morgan fingerprint density at radius 2 is 1.31 bits per heavy atom. The smallest absolute Gasteiger partial charge is 0.341 e. The Morgan fingerprint density at radius 3 is 1.97 bits per heavy atom. The van der Waals surface area contributed by atoms with E-state index in [0.717, 1.165) is 31.9 Å². The summed E-state index contributed by atoms with van der Waals surface area (Å²) in [6.45, 7) is 1.46. The zero-order chi connectivity index (χ0) is 24.7. The molecule has 0 fully saturated rings. The molecule has 1 heterocycles. The minimum Gasteiger partial charge on any atom is -1.00 e. The third kappa shape index (κ3) is 10.2. The molecular weight excluding hydrogens is 518 g/mol. The Kier molecular flexibility index (Phi) is 14.0. The minimum atomic E-state index is -0.546. The van der Waals surface area contributed by atoms with Crippen molar-refractivity contribution >= 4 is 16.9 Å². The Bertz CT molecular complexity index is 1050. The van der Waals surface area contributed by atoms with Crippen LogP contribution in [0, 0.1) is 0 Å². The quantitative estimate of drug-likeness (QED) is 0.158. The molecule has 0 unspecified atom stereocenters. The summed E-state index contributed by atoms with van der Waals surface area (Å²) in [5.74, 6) is -0.879. The molecule has 0 radical (unpaired) electrons. The largest absolute Gasteiger partial charge is 1.00 e. The number of carbonyl (C=O) groups is 1. The molecule has 36 heavy (non-hydrogen) atoms. The van der Waals surface area contributed by atoms with Crippen LogP contribution in [0.4, 0.5) is 0 Å². The van der Waals surface area contributed by atoms with Crippen LogP contribution in [0.5, 0.6) is 11.5 Å². The van der Waals surface area contributed by atoms with Gasteiger partial charge in [0.25, 0.3) is 0 Å². The van der Waals surface area contributed by atoms with E-state index < -0.39 is 5.97 Å². The third-order valence-electron chi connectivity index (χ3n) is 6.52. The predicted molar refractivity (Wildman–Crippen MR) is 140 cm³/mol. The van der Waals surface area contributed by atoms with Crippen molar-refractivity contribution in [2.75, 3.05) is 6.61 Å². The van der Waals surface area contributed by atoms with E-state index in [1.54, 1.807) is 0 Å². The lowest BCUT2D eigenvalue weighted by molar-refractivity contribution is -0.671. The molecule has 6 heteroatoms. The van der Waals surface area contributed by atoms with Crippen molar-refractivity contribution in [3.8, 4) is 11.5 Å². The number of unbranched alkanes of at least 4 members (excludes halogenated alkanes) is 11. The molecule has 0 atom stereocenters. The topological polar surface area (TPSA) is 70.6 Å². The summed E-state index contributed by atoms with van der Waals surface area (Å²) in [5, 5.41) is 20.3. The monoisotopic (exact) mass is 557 g/mol. The van der Waals surface area contributed by atoms with Crippen molar-refractivity contribution in [1.29, 1.82) is 0 Å². The molecule has 2 aromatic carbocycles. The molecular formula is C30H40BrNO4. The highest BCUT2D eigenvalue weighted by Crippen LogP contribution is 2.23. The van der Waals surface area contributed by atoms with Gasteiger partial charge in [-0.15, -0.1) is 0 Å². The van der Waals surface area contributed by atoms with Gasteiger partial charge in [-0.1, -0.05) is 69.9 Å². The van der Waals surface area contributed by atoms with Crippen molar-refractivity contribution in [2.45, 2.75) is 83.6 Å². The first-order chi connectivity index (χ1) is 17.1. The number of carbonyl (C=O) groups excluding carboxylic acids is 1. The first-order valence-electron chi connectivity index (χ1n) is 13.2. The molecule has 196 valence electrons. The zero-order valence-electron chi connectivity index (χ0n) is 21.2. The van der Waals surface area contributed by atoms with Crippen LogP contribution in [0.3, 0.4) is 0 Å². The zero-order valence-corrected chi connectivity index (χ0v) is 22.8. The Hall–Kier alpha value is -2.60. The minimum absolute atomic E-state index is 0. The fourth-order valence-corrected chi connectivity index (χ4v) is 4.50. The maximum Gasteiger partial charge on any atom is 0.341 e. The molecule has 0 aliphatic heterocycles. The fourth-order valence-electron chi connectivity index (χ4n) is 4.50. The number of aromatic hydroxyl groups is 2. The van der Waals surface area contributed by atoms with Gasteiger partial charge in [0.1, 0.15) is 23.6 Å². The average molecular weight is 559 g/mol. The molecule has 0 bridgehead atoms. The number of aryl methyl sites for hydroxylation is 1. The summed E-state index contributed by atoms with van der Waals surface area (Å²) < 4.78 is 7.59. The van der Waals surface area contributed by atoms with E-state index in [0.29, 0.717) is 6.61 Å². The summed E-state index contributed by atoms with van der Waals surface area (Å²) in [7, 11) is 0. The van der Waals surface area contributed by atoms with Crippen LogP contribution in [-0.4, -0.2) is 22.8 Å². The molecule has 0 aliphatic rings. The number of phenolic OH excluding ortho intramolecular Hbond substituents is 2. The van der Waals surface area contributed by atoms with Gasteiger partial charge in [-0.25, -0.2) is 4.79 Å². The van der Waals surface area contributed by atoms with E-state index in [1.165, 1.54) is 80.8 Å². The van der Waals surface area contributed by atoms with Crippen molar-refractivity contribution in [3.63, 3.8) is 0 Å². The number of aromatic nitrogens is 1. The van der Waals surface area contributed by atoms with Crippen LogP contribution >= 0.6 is 0 Å². The number of hydrogen-bond acceptors (Lipinski definition) is 4. The van der Waals surface area contributed by atoms with Gasteiger partial charge in [0.15, 0.2) is 6.20 Å². The van der Waals surface area contributed by atoms with E-state index in [9.17, 15) is 15.0 Å². The second-order valence-corrected chi connectivity index (χ2v) is 9.34. The number of hydrogen-bond donors (Lipinski definition) is 2. The Balaban J connectivity index is 0.00000456. The van der Waals surface area contributed by atoms with Crippen molar-refractivity contribution < 1.29 is 41.3 Å². The molecule has 5 nitrogen and oxygen atoms in total. The van der Waals surface area contributed by atoms with Crippen LogP contribution in [0.1, 0.15) is 87.4 Å². The number of esters is 1. The Labute approximate surface area is 225 Å². The summed E-state index contributed by atoms with van der Waals surface area (Å²) >= 11 is 0. The lowest BCUT2D eigenvalue weighted by atomic mass is 10.1. The van der Waals surface area contributed by atoms with Crippen LogP contribution in [0.15, 0.2) is 60.8 Å². The average Bonchev–Trinajstić information content (AvgIpc) is 2.86. The molecule has 3 aromatic rings. The third-order valence-corrected chi connectivity index (χ3v) is 6.52. The second kappa shape index (κ2) is 17.0. The van der Waals surface area contributed by atoms with Gasteiger partial charge < -0.3 is 31.9 Å². The second-order valence-electron chi connectivity index (χ2n) is 9.34. The van der Waals surface area contributed by atoms with E-state index >= 15 is 0 Å². The van der Waals surface area contributed by atoms with Crippen LogP contribution in [0.25, 0.3) is 10.9 Å². The molecule has 0 saturated heterocycles. The number of rotatable bonds is 16. The molecule has 0 amide bonds. The summed E-state index contributed by atoms with van der Waals surface area (Å²) in [5.41, 5.74) is 1.41. The van der Waals surface area contributed by atoms with Gasteiger partial charge in [0.2, 0.25) is 5.52 Å². The number of phenols is 2. The van der Waals surface area contributed by atoms with Crippen molar-refractivity contribution in [1.82, 2.24) is 0 Å². The van der Waals surface area contributed by atoms with Gasteiger partial charge in [-0.2, -0.15) is 4.57 Å². The van der Waals surface area contributed by atoms with Crippen LogP contribution in [0.2, 0.25) is 0 Å². The molecule has 2 N–H and O–H groups in total. The van der Waals surface area contributed by atoms with E-state index in [4.69, 9.17) is 4.74 Å². The highest BCUT2D eigenvalue weighted by atomic mass is 79.9. The number of benzene rings is 2.